The van der Waals surface area contributed by atoms with Crippen LogP contribution in [-0.4, -0.2) is 28.1 Å². The third-order valence-electron chi connectivity index (χ3n) is 5.49. The quantitative estimate of drug-likeness (QED) is 0.485. The molecule has 2 atom stereocenters. The van der Waals surface area contributed by atoms with Crippen LogP contribution in [0.25, 0.3) is 22.8 Å². The van der Waals surface area contributed by atoms with Crippen molar-refractivity contribution in [2.45, 2.75) is 52.2 Å². The van der Waals surface area contributed by atoms with Crippen molar-refractivity contribution in [1.82, 2.24) is 10.1 Å². The summed E-state index contributed by atoms with van der Waals surface area (Å²) in [4.78, 5) is 16.1. The van der Waals surface area contributed by atoms with Crippen LogP contribution in [0.4, 0.5) is 5.69 Å². The molecule has 4 rings (SSSR count). The van der Waals surface area contributed by atoms with Crippen molar-refractivity contribution in [1.29, 1.82) is 0 Å². The molecule has 162 valence electrons. The van der Waals surface area contributed by atoms with Crippen molar-refractivity contribution in [3.05, 3.63) is 47.5 Å². The van der Waals surface area contributed by atoms with Crippen LogP contribution in [0.5, 0.6) is 5.75 Å². The highest BCUT2D eigenvalue weighted by molar-refractivity contribution is 6.32. The summed E-state index contributed by atoms with van der Waals surface area (Å²) in [6, 6.07) is 13.7. The van der Waals surface area contributed by atoms with Crippen LogP contribution in [0.2, 0.25) is 5.02 Å². The predicted octanol–water partition coefficient (Wildman–Crippen LogP) is 6.01. The van der Waals surface area contributed by atoms with Crippen molar-refractivity contribution in [2.24, 2.45) is 5.92 Å². The van der Waals surface area contributed by atoms with E-state index in [1.807, 2.05) is 50.2 Å². The summed E-state index contributed by atoms with van der Waals surface area (Å²) in [5.74, 6) is 2.02. The molecular formula is C24H26ClN3O3. The fourth-order valence-corrected chi connectivity index (χ4v) is 4.10. The standard InChI is InChI=1S/C24H26ClN3O3/c1-14(2)30-22-11-7-18(13-21(22)25)23-27-24(31-28-23)16-4-8-19(9-5-16)26-20-10-6-17(12-20)15(3)29/h4-5,7-9,11,13-14,17,20,26H,6,10,12H2,1-3H3/t17-,20+/m1/s1. The van der Waals surface area contributed by atoms with E-state index in [9.17, 15) is 4.79 Å². The highest BCUT2D eigenvalue weighted by Gasteiger charge is 2.27. The number of hydrogen-bond acceptors (Lipinski definition) is 6. The van der Waals surface area contributed by atoms with Crippen molar-refractivity contribution in [2.75, 3.05) is 5.32 Å². The molecule has 1 aliphatic rings. The minimum Gasteiger partial charge on any atom is -0.489 e. The van der Waals surface area contributed by atoms with Crippen molar-refractivity contribution in [3.63, 3.8) is 0 Å². The second kappa shape index (κ2) is 9.10. The molecule has 0 bridgehead atoms. The predicted molar refractivity (Wildman–Crippen MR) is 121 cm³/mol. The molecule has 0 unspecified atom stereocenters. The van der Waals surface area contributed by atoms with E-state index >= 15 is 0 Å². The Hall–Kier alpha value is -2.86. The molecule has 1 fully saturated rings. The molecule has 0 amide bonds. The summed E-state index contributed by atoms with van der Waals surface area (Å²) in [5, 5.41) is 8.11. The maximum Gasteiger partial charge on any atom is 0.258 e. The van der Waals surface area contributed by atoms with E-state index in [0.717, 1.165) is 36.1 Å². The summed E-state index contributed by atoms with van der Waals surface area (Å²) >= 11 is 6.32. The lowest BCUT2D eigenvalue weighted by atomic mass is 10.0. The van der Waals surface area contributed by atoms with Crippen LogP contribution in [0.1, 0.15) is 40.0 Å². The van der Waals surface area contributed by atoms with Gasteiger partial charge in [0.2, 0.25) is 5.82 Å². The van der Waals surface area contributed by atoms with Crippen LogP contribution in [0, 0.1) is 5.92 Å². The Morgan fingerprint density at radius 2 is 1.90 bits per heavy atom. The second-order valence-corrected chi connectivity index (χ2v) is 8.68. The van der Waals surface area contributed by atoms with Gasteiger partial charge < -0.3 is 14.6 Å². The van der Waals surface area contributed by atoms with Gasteiger partial charge >= 0.3 is 0 Å². The van der Waals surface area contributed by atoms with E-state index < -0.39 is 0 Å². The Bertz CT molecular complexity index is 1060. The number of aromatic nitrogens is 2. The van der Waals surface area contributed by atoms with Gasteiger partial charge in [-0.05, 0) is 82.5 Å². The van der Waals surface area contributed by atoms with Gasteiger partial charge in [0.25, 0.3) is 5.89 Å². The van der Waals surface area contributed by atoms with E-state index in [1.165, 1.54) is 0 Å². The number of hydrogen-bond donors (Lipinski definition) is 1. The molecule has 1 N–H and O–H groups in total. The normalized spacial score (nSPS) is 18.4. The van der Waals surface area contributed by atoms with Crippen LogP contribution in [-0.2, 0) is 4.79 Å². The number of anilines is 1. The topological polar surface area (TPSA) is 77.2 Å². The van der Waals surface area contributed by atoms with Crippen molar-refractivity contribution < 1.29 is 14.1 Å². The third-order valence-corrected chi connectivity index (χ3v) is 5.78. The van der Waals surface area contributed by atoms with Gasteiger partial charge in [-0.2, -0.15) is 4.98 Å². The van der Waals surface area contributed by atoms with Crippen LogP contribution < -0.4 is 10.1 Å². The number of Topliss-reactive ketones (excluding diaryl/α,β-unsaturated/α-hetero) is 1. The monoisotopic (exact) mass is 439 g/mol. The van der Waals surface area contributed by atoms with E-state index in [-0.39, 0.29) is 17.8 Å². The zero-order valence-electron chi connectivity index (χ0n) is 17.9. The maximum absolute atomic E-state index is 11.6. The minimum absolute atomic E-state index is 0.0434. The number of carbonyl (C=O) groups excluding carboxylic acids is 1. The largest absolute Gasteiger partial charge is 0.489 e. The number of nitrogens with one attached hydrogen (secondary N) is 1. The molecule has 6 nitrogen and oxygen atoms in total. The van der Waals surface area contributed by atoms with Gasteiger partial charge in [0, 0.05) is 28.8 Å². The number of benzene rings is 2. The lowest BCUT2D eigenvalue weighted by Crippen LogP contribution is -2.17. The number of halogens is 1. The summed E-state index contributed by atoms with van der Waals surface area (Å²) < 4.78 is 11.1. The first-order chi connectivity index (χ1) is 14.9. The number of carbonyl (C=O) groups is 1. The molecule has 1 saturated carbocycles. The molecule has 1 aliphatic carbocycles. The zero-order valence-corrected chi connectivity index (χ0v) is 18.6. The molecule has 0 radical (unpaired) electrons. The van der Waals surface area contributed by atoms with Crippen LogP contribution in [0.15, 0.2) is 47.0 Å². The van der Waals surface area contributed by atoms with Gasteiger partial charge in [-0.3, -0.25) is 4.79 Å². The van der Waals surface area contributed by atoms with Crippen molar-refractivity contribution >= 4 is 23.1 Å². The lowest BCUT2D eigenvalue weighted by Gasteiger charge is -2.14. The van der Waals surface area contributed by atoms with E-state index in [4.69, 9.17) is 20.9 Å². The Morgan fingerprint density at radius 1 is 1.16 bits per heavy atom. The average molecular weight is 440 g/mol. The number of nitrogens with zero attached hydrogens (tertiary/aromatic N) is 2. The molecular weight excluding hydrogens is 414 g/mol. The summed E-state index contributed by atoms with van der Waals surface area (Å²) in [5.41, 5.74) is 2.61. The lowest BCUT2D eigenvalue weighted by molar-refractivity contribution is -0.120. The Labute approximate surface area is 187 Å². The van der Waals surface area contributed by atoms with Crippen LogP contribution in [0.3, 0.4) is 0 Å². The van der Waals surface area contributed by atoms with Gasteiger partial charge in [-0.15, -0.1) is 0 Å². The molecule has 3 aromatic rings. The first kappa shape index (κ1) is 21.4. The first-order valence-electron chi connectivity index (χ1n) is 10.6. The number of ketones is 1. The molecule has 7 heteroatoms. The smallest absolute Gasteiger partial charge is 0.258 e. The van der Waals surface area contributed by atoms with E-state index in [0.29, 0.717) is 28.5 Å². The van der Waals surface area contributed by atoms with Gasteiger partial charge in [0.15, 0.2) is 0 Å². The zero-order chi connectivity index (χ0) is 22.0. The van der Waals surface area contributed by atoms with Gasteiger partial charge in [0.05, 0.1) is 11.1 Å². The van der Waals surface area contributed by atoms with Gasteiger partial charge in [0.1, 0.15) is 11.5 Å². The highest BCUT2D eigenvalue weighted by Crippen LogP contribution is 2.32. The molecule has 1 aromatic heterocycles. The summed E-state index contributed by atoms with van der Waals surface area (Å²) in [7, 11) is 0. The van der Waals surface area contributed by atoms with Crippen molar-refractivity contribution in [3.8, 4) is 28.6 Å². The molecule has 0 spiro atoms. The molecule has 1 heterocycles. The van der Waals surface area contributed by atoms with E-state index in [1.54, 1.807) is 13.0 Å². The number of rotatable bonds is 7. The second-order valence-electron chi connectivity index (χ2n) is 8.27. The Morgan fingerprint density at radius 3 is 2.55 bits per heavy atom. The Balaban J connectivity index is 1.43. The van der Waals surface area contributed by atoms with E-state index in [2.05, 4.69) is 15.5 Å². The van der Waals surface area contributed by atoms with Gasteiger partial charge in [-0.1, -0.05) is 16.8 Å². The summed E-state index contributed by atoms with van der Waals surface area (Å²) in [6.07, 6.45) is 2.92. The maximum atomic E-state index is 11.6. The first-order valence-corrected chi connectivity index (χ1v) is 10.9. The Kier molecular flexibility index (Phi) is 6.28. The third kappa shape index (κ3) is 5.07. The summed E-state index contributed by atoms with van der Waals surface area (Å²) in [6.45, 7) is 5.59. The number of ether oxygens (including phenoxy) is 1. The minimum atomic E-state index is 0.0434. The molecule has 31 heavy (non-hydrogen) atoms. The molecule has 2 aromatic carbocycles. The average Bonchev–Trinajstić information content (AvgIpc) is 3.40. The highest BCUT2D eigenvalue weighted by atomic mass is 35.5. The SMILES string of the molecule is CC(=O)[C@@H]1CC[C@H](Nc2ccc(-c3nc(-c4ccc(OC(C)C)c(Cl)c4)no3)cc2)C1. The van der Waals surface area contributed by atoms with Crippen LogP contribution >= 0.6 is 11.6 Å². The molecule has 0 aliphatic heterocycles. The fourth-order valence-electron chi connectivity index (χ4n) is 3.87. The molecule has 0 saturated heterocycles. The van der Waals surface area contributed by atoms with Gasteiger partial charge in [-0.25, -0.2) is 0 Å². The fraction of sp³-hybridized carbons (Fsp3) is 0.375.